The second-order valence-electron chi connectivity index (χ2n) is 3.79. The molecule has 1 aromatic heterocycles. The van der Waals surface area contributed by atoms with Gasteiger partial charge in [-0.2, -0.15) is 0 Å². The van der Waals surface area contributed by atoms with Crippen LogP contribution >= 0.6 is 11.8 Å². The van der Waals surface area contributed by atoms with E-state index in [0.29, 0.717) is 23.1 Å². The molecule has 0 radical (unpaired) electrons. The van der Waals surface area contributed by atoms with Crippen molar-refractivity contribution in [1.29, 1.82) is 0 Å². The number of hydrogen-bond donors (Lipinski definition) is 1. The molecule has 1 N–H and O–H groups in total. The van der Waals surface area contributed by atoms with Gasteiger partial charge in [-0.25, -0.2) is 18.7 Å². The third kappa shape index (κ3) is 3.41. The standard InChI is InChI=1S/C13H13F2N3S/c1-3-11-17-12(16-2)7-13(18-11)19-10-6-8(14)4-5-9(10)15/h4-7H,3H2,1-2H3,(H,16,17,18). The Morgan fingerprint density at radius 1 is 1.21 bits per heavy atom. The summed E-state index contributed by atoms with van der Waals surface area (Å²) in [5, 5.41) is 3.51. The molecule has 100 valence electrons. The van der Waals surface area contributed by atoms with Crippen LogP contribution in [0.1, 0.15) is 12.7 Å². The molecule has 6 heteroatoms. The highest BCUT2D eigenvalue weighted by molar-refractivity contribution is 7.99. The Morgan fingerprint density at radius 3 is 2.68 bits per heavy atom. The Labute approximate surface area is 114 Å². The number of rotatable bonds is 4. The maximum atomic E-state index is 13.6. The van der Waals surface area contributed by atoms with E-state index >= 15 is 0 Å². The van der Waals surface area contributed by atoms with Gasteiger partial charge in [0.2, 0.25) is 0 Å². The lowest BCUT2D eigenvalue weighted by Crippen LogP contribution is -2.00. The van der Waals surface area contributed by atoms with Crippen LogP contribution < -0.4 is 5.32 Å². The lowest BCUT2D eigenvalue weighted by molar-refractivity contribution is 0.577. The van der Waals surface area contributed by atoms with Gasteiger partial charge in [-0.15, -0.1) is 0 Å². The summed E-state index contributed by atoms with van der Waals surface area (Å²) < 4.78 is 26.7. The third-order valence-electron chi connectivity index (χ3n) is 2.43. The fourth-order valence-electron chi connectivity index (χ4n) is 1.48. The van der Waals surface area contributed by atoms with Crippen LogP contribution in [0.15, 0.2) is 34.2 Å². The first kappa shape index (κ1) is 13.7. The Bertz CT molecular complexity index is 568. The van der Waals surface area contributed by atoms with Gasteiger partial charge in [0.1, 0.15) is 28.3 Å². The van der Waals surface area contributed by atoms with Gasteiger partial charge in [-0.3, -0.25) is 0 Å². The van der Waals surface area contributed by atoms with Gasteiger partial charge in [0.05, 0.1) is 4.90 Å². The molecule has 1 aromatic carbocycles. The van der Waals surface area contributed by atoms with E-state index in [1.165, 1.54) is 0 Å². The van der Waals surface area contributed by atoms with Crippen molar-refractivity contribution in [3.05, 3.63) is 41.7 Å². The smallest absolute Gasteiger partial charge is 0.137 e. The highest BCUT2D eigenvalue weighted by Gasteiger charge is 2.09. The first-order valence-electron chi connectivity index (χ1n) is 5.81. The molecule has 2 aromatic rings. The van der Waals surface area contributed by atoms with Crippen molar-refractivity contribution in [1.82, 2.24) is 9.97 Å². The summed E-state index contributed by atoms with van der Waals surface area (Å²) in [6, 6.07) is 5.06. The molecule has 1 heterocycles. The number of hydrogen-bond acceptors (Lipinski definition) is 4. The third-order valence-corrected chi connectivity index (χ3v) is 3.38. The highest BCUT2D eigenvalue weighted by Crippen LogP contribution is 2.30. The number of benzene rings is 1. The van der Waals surface area contributed by atoms with E-state index in [4.69, 9.17) is 0 Å². The zero-order valence-electron chi connectivity index (χ0n) is 10.6. The summed E-state index contributed by atoms with van der Waals surface area (Å²) in [7, 11) is 1.75. The number of aromatic nitrogens is 2. The number of anilines is 1. The van der Waals surface area contributed by atoms with Crippen LogP contribution in [0.4, 0.5) is 14.6 Å². The first-order valence-corrected chi connectivity index (χ1v) is 6.62. The number of nitrogens with one attached hydrogen (secondary N) is 1. The molecule has 0 spiro atoms. The topological polar surface area (TPSA) is 37.8 Å². The predicted octanol–water partition coefficient (Wildman–Crippen LogP) is 3.51. The molecule has 0 amide bonds. The van der Waals surface area contributed by atoms with E-state index in [1.807, 2.05) is 6.92 Å². The van der Waals surface area contributed by atoms with Crippen LogP contribution in [0.2, 0.25) is 0 Å². The highest BCUT2D eigenvalue weighted by atomic mass is 32.2. The molecule has 19 heavy (non-hydrogen) atoms. The molecule has 0 aliphatic carbocycles. The van der Waals surface area contributed by atoms with Crippen LogP contribution in [0.5, 0.6) is 0 Å². The second-order valence-corrected chi connectivity index (χ2v) is 4.85. The minimum absolute atomic E-state index is 0.211. The zero-order valence-corrected chi connectivity index (χ0v) is 11.4. The normalized spacial score (nSPS) is 10.5. The number of halogens is 2. The SMILES string of the molecule is CCc1nc(NC)cc(Sc2cc(F)ccc2F)n1. The Hall–Kier alpha value is -1.69. The van der Waals surface area contributed by atoms with Crippen LogP contribution in [0.25, 0.3) is 0 Å². The fraction of sp³-hybridized carbons (Fsp3) is 0.231. The molecule has 3 nitrogen and oxygen atoms in total. The van der Waals surface area contributed by atoms with Crippen molar-refractivity contribution in [2.24, 2.45) is 0 Å². The minimum atomic E-state index is -0.470. The average molecular weight is 281 g/mol. The summed E-state index contributed by atoms with van der Waals surface area (Å²) in [4.78, 5) is 8.75. The van der Waals surface area contributed by atoms with E-state index < -0.39 is 11.6 Å². The number of nitrogens with zero attached hydrogens (tertiary/aromatic N) is 2. The Morgan fingerprint density at radius 2 is 2.00 bits per heavy atom. The van der Waals surface area contributed by atoms with Gasteiger partial charge in [0.25, 0.3) is 0 Å². The van der Waals surface area contributed by atoms with Gasteiger partial charge in [-0.05, 0) is 18.2 Å². The number of aryl methyl sites for hydroxylation is 1. The van der Waals surface area contributed by atoms with Crippen molar-refractivity contribution >= 4 is 17.6 Å². The molecule has 0 bridgehead atoms. The molecular formula is C13H13F2N3S. The summed E-state index contributed by atoms with van der Waals surface area (Å²) in [6.45, 7) is 1.94. The molecule has 0 unspecified atom stereocenters. The van der Waals surface area contributed by atoms with Crippen molar-refractivity contribution < 1.29 is 8.78 Å². The maximum Gasteiger partial charge on any atom is 0.137 e. The van der Waals surface area contributed by atoms with Crippen molar-refractivity contribution in [3.63, 3.8) is 0 Å². The van der Waals surface area contributed by atoms with Gasteiger partial charge in [0.15, 0.2) is 0 Å². The lowest BCUT2D eigenvalue weighted by Gasteiger charge is -2.07. The van der Waals surface area contributed by atoms with Crippen LogP contribution in [-0.2, 0) is 6.42 Å². The van der Waals surface area contributed by atoms with Crippen molar-refractivity contribution in [3.8, 4) is 0 Å². The van der Waals surface area contributed by atoms with Crippen molar-refractivity contribution in [2.75, 3.05) is 12.4 Å². The molecule has 2 rings (SSSR count). The molecule has 0 aliphatic heterocycles. The molecule has 0 saturated heterocycles. The predicted molar refractivity (Wildman–Crippen MR) is 71.4 cm³/mol. The average Bonchev–Trinajstić information content (AvgIpc) is 2.42. The summed E-state index contributed by atoms with van der Waals surface area (Å²) in [5.74, 6) is 0.383. The van der Waals surface area contributed by atoms with Crippen LogP contribution in [-0.4, -0.2) is 17.0 Å². The van der Waals surface area contributed by atoms with E-state index in [2.05, 4.69) is 15.3 Å². The van der Waals surface area contributed by atoms with Gasteiger partial charge >= 0.3 is 0 Å². The van der Waals surface area contributed by atoms with E-state index in [0.717, 1.165) is 30.0 Å². The van der Waals surface area contributed by atoms with E-state index in [1.54, 1.807) is 13.1 Å². The monoisotopic (exact) mass is 281 g/mol. The summed E-state index contributed by atoms with van der Waals surface area (Å²) in [5.41, 5.74) is 0. The quantitative estimate of drug-likeness (QED) is 0.870. The van der Waals surface area contributed by atoms with Crippen LogP contribution in [0.3, 0.4) is 0 Å². The largest absolute Gasteiger partial charge is 0.373 e. The fourth-order valence-corrected chi connectivity index (χ4v) is 2.36. The lowest BCUT2D eigenvalue weighted by atomic mass is 10.3. The van der Waals surface area contributed by atoms with Crippen LogP contribution in [0, 0.1) is 11.6 Å². The Balaban J connectivity index is 2.34. The molecular weight excluding hydrogens is 268 g/mol. The van der Waals surface area contributed by atoms with E-state index in [-0.39, 0.29) is 4.90 Å². The van der Waals surface area contributed by atoms with Gasteiger partial charge in [0, 0.05) is 19.5 Å². The molecule has 0 atom stereocenters. The van der Waals surface area contributed by atoms with Gasteiger partial charge in [-0.1, -0.05) is 18.7 Å². The first-order chi connectivity index (χ1) is 9.12. The zero-order chi connectivity index (χ0) is 13.8. The maximum absolute atomic E-state index is 13.6. The minimum Gasteiger partial charge on any atom is -0.373 e. The molecule has 0 fully saturated rings. The van der Waals surface area contributed by atoms with E-state index in [9.17, 15) is 8.78 Å². The van der Waals surface area contributed by atoms with Crippen molar-refractivity contribution in [2.45, 2.75) is 23.3 Å². The molecule has 0 saturated carbocycles. The summed E-state index contributed by atoms with van der Waals surface area (Å²) in [6.07, 6.45) is 0.675. The Kier molecular flexibility index (Phi) is 4.31. The second kappa shape index (κ2) is 5.97. The summed E-state index contributed by atoms with van der Waals surface area (Å²) >= 11 is 1.08. The van der Waals surface area contributed by atoms with Gasteiger partial charge < -0.3 is 5.32 Å². The molecule has 0 aliphatic rings.